The van der Waals surface area contributed by atoms with Crippen LogP contribution in [-0.2, 0) is 4.74 Å². The van der Waals surface area contributed by atoms with Crippen LogP contribution in [0.5, 0.6) is 0 Å². The minimum atomic E-state index is -0.387. The molecule has 21 heavy (non-hydrogen) atoms. The average Bonchev–Trinajstić information content (AvgIpc) is 2.91. The van der Waals surface area contributed by atoms with Crippen molar-refractivity contribution < 1.29 is 9.53 Å². The molecule has 3 rings (SSSR count). The first-order chi connectivity index (χ1) is 10.2. The number of ether oxygens (including phenoxy) is 1. The van der Waals surface area contributed by atoms with E-state index in [0.717, 1.165) is 11.1 Å². The van der Waals surface area contributed by atoms with Crippen LogP contribution in [0.15, 0.2) is 42.9 Å². The third kappa shape index (κ3) is 2.48. The molecule has 106 valence electrons. The van der Waals surface area contributed by atoms with E-state index in [0.29, 0.717) is 22.8 Å². The molecule has 3 aromatic rings. The summed E-state index contributed by atoms with van der Waals surface area (Å²) in [6.07, 6.45) is 4.91. The SMILES string of the molecule is CCOC(=O)c1cnn2ccc(-c3cccnc3Cl)cc12. The molecule has 0 saturated carbocycles. The molecule has 6 heteroatoms. The molecule has 0 fully saturated rings. The van der Waals surface area contributed by atoms with Crippen molar-refractivity contribution >= 4 is 23.1 Å². The fourth-order valence-electron chi connectivity index (χ4n) is 2.12. The maximum absolute atomic E-state index is 11.9. The Labute approximate surface area is 126 Å². The lowest BCUT2D eigenvalue weighted by molar-refractivity contribution is 0.0528. The molecular formula is C15H12ClN3O2. The van der Waals surface area contributed by atoms with E-state index < -0.39 is 0 Å². The van der Waals surface area contributed by atoms with Crippen molar-refractivity contribution in [2.45, 2.75) is 6.92 Å². The topological polar surface area (TPSA) is 56.5 Å². The van der Waals surface area contributed by atoms with Crippen molar-refractivity contribution in [3.8, 4) is 11.1 Å². The highest BCUT2D eigenvalue weighted by molar-refractivity contribution is 6.32. The largest absolute Gasteiger partial charge is 0.462 e. The van der Waals surface area contributed by atoms with Crippen LogP contribution < -0.4 is 0 Å². The predicted molar refractivity (Wildman–Crippen MR) is 79.4 cm³/mol. The Morgan fingerprint density at radius 2 is 2.29 bits per heavy atom. The van der Waals surface area contributed by atoms with Crippen LogP contribution in [0.25, 0.3) is 16.6 Å². The van der Waals surface area contributed by atoms with E-state index in [1.165, 1.54) is 6.20 Å². The lowest BCUT2D eigenvalue weighted by atomic mass is 10.1. The number of hydrogen-bond acceptors (Lipinski definition) is 4. The monoisotopic (exact) mass is 301 g/mol. The van der Waals surface area contributed by atoms with Gasteiger partial charge in [0.15, 0.2) is 0 Å². The zero-order chi connectivity index (χ0) is 14.8. The summed E-state index contributed by atoms with van der Waals surface area (Å²) in [5.74, 6) is -0.387. The van der Waals surface area contributed by atoms with E-state index in [1.54, 1.807) is 23.8 Å². The second-order valence-electron chi connectivity index (χ2n) is 4.37. The highest BCUT2D eigenvalue weighted by Gasteiger charge is 2.15. The smallest absolute Gasteiger partial charge is 0.341 e. The van der Waals surface area contributed by atoms with Gasteiger partial charge in [-0.1, -0.05) is 11.6 Å². The molecule has 0 unspecified atom stereocenters. The summed E-state index contributed by atoms with van der Waals surface area (Å²) in [6.45, 7) is 2.09. The average molecular weight is 302 g/mol. The minimum absolute atomic E-state index is 0.324. The summed E-state index contributed by atoms with van der Waals surface area (Å²) in [5, 5.41) is 4.56. The normalized spacial score (nSPS) is 10.8. The van der Waals surface area contributed by atoms with Gasteiger partial charge in [0, 0.05) is 18.0 Å². The van der Waals surface area contributed by atoms with E-state index in [9.17, 15) is 4.79 Å². The number of carbonyl (C=O) groups excluding carboxylic acids is 1. The van der Waals surface area contributed by atoms with Gasteiger partial charge in [0.05, 0.1) is 18.3 Å². The van der Waals surface area contributed by atoms with Crippen LogP contribution in [0.3, 0.4) is 0 Å². The molecule has 0 aromatic carbocycles. The molecule has 0 saturated heterocycles. The molecular weight excluding hydrogens is 290 g/mol. The van der Waals surface area contributed by atoms with Gasteiger partial charge in [-0.15, -0.1) is 0 Å². The Morgan fingerprint density at radius 3 is 3.05 bits per heavy atom. The molecule has 5 nitrogen and oxygen atoms in total. The van der Waals surface area contributed by atoms with Gasteiger partial charge in [0.1, 0.15) is 10.7 Å². The van der Waals surface area contributed by atoms with Crippen LogP contribution in [-0.4, -0.2) is 27.2 Å². The van der Waals surface area contributed by atoms with Crippen molar-refractivity contribution in [3.05, 3.63) is 53.6 Å². The predicted octanol–water partition coefficient (Wildman–Crippen LogP) is 3.23. The fraction of sp³-hybridized carbons (Fsp3) is 0.133. The first-order valence-electron chi connectivity index (χ1n) is 6.46. The number of esters is 1. The number of fused-ring (bicyclic) bond motifs is 1. The lowest BCUT2D eigenvalue weighted by Gasteiger charge is -2.05. The Morgan fingerprint density at radius 1 is 1.43 bits per heavy atom. The number of nitrogens with zero attached hydrogens (tertiary/aromatic N) is 3. The van der Waals surface area contributed by atoms with Crippen LogP contribution in [0.1, 0.15) is 17.3 Å². The van der Waals surface area contributed by atoms with Gasteiger partial charge >= 0.3 is 5.97 Å². The van der Waals surface area contributed by atoms with E-state index in [2.05, 4.69) is 10.1 Å². The molecule has 0 aliphatic rings. The first kappa shape index (κ1) is 13.6. The fourth-order valence-corrected chi connectivity index (χ4v) is 2.34. The van der Waals surface area contributed by atoms with E-state index in [4.69, 9.17) is 16.3 Å². The molecule has 0 radical (unpaired) electrons. The summed E-state index contributed by atoms with van der Waals surface area (Å²) in [6, 6.07) is 7.41. The second kappa shape index (κ2) is 5.54. The number of halogens is 1. The molecule has 0 spiro atoms. The van der Waals surface area contributed by atoms with Crippen LogP contribution in [0.2, 0.25) is 5.15 Å². The molecule has 0 N–H and O–H groups in total. The number of rotatable bonds is 3. The zero-order valence-electron chi connectivity index (χ0n) is 11.3. The number of pyridine rings is 2. The highest BCUT2D eigenvalue weighted by atomic mass is 35.5. The Kier molecular flexibility index (Phi) is 3.58. The second-order valence-corrected chi connectivity index (χ2v) is 4.72. The molecule has 3 aromatic heterocycles. The van der Waals surface area contributed by atoms with Gasteiger partial charge in [0.25, 0.3) is 0 Å². The lowest BCUT2D eigenvalue weighted by Crippen LogP contribution is -2.04. The van der Waals surface area contributed by atoms with Crippen molar-refractivity contribution in [2.75, 3.05) is 6.61 Å². The van der Waals surface area contributed by atoms with Crippen LogP contribution in [0.4, 0.5) is 0 Å². The first-order valence-corrected chi connectivity index (χ1v) is 6.84. The van der Waals surface area contributed by atoms with Gasteiger partial charge in [-0.3, -0.25) is 0 Å². The molecule has 0 aliphatic carbocycles. The third-order valence-electron chi connectivity index (χ3n) is 3.09. The number of carbonyl (C=O) groups is 1. The van der Waals surface area contributed by atoms with E-state index >= 15 is 0 Å². The molecule has 0 bridgehead atoms. The number of hydrogen-bond donors (Lipinski definition) is 0. The van der Waals surface area contributed by atoms with Crippen molar-refractivity contribution in [2.24, 2.45) is 0 Å². The van der Waals surface area contributed by atoms with E-state index in [1.807, 2.05) is 24.3 Å². The number of aromatic nitrogens is 3. The van der Waals surface area contributed by atoms with Gasteiger partial charge in [-0.2, -0.15) is 5.10 Å². The molecule has 0 atom stereocenters. The van der Waals surface area contributed by atoms with Gasteiger partial charge < -0.3 is 4.74 Å². The Hall–Kier alpha value is -2.40. The standard InChI is InChI=1S/C15H12ClN3O2/c1-2-21-15(20)12-9-18-19-7-5-10(8-13(12)19)11-4-3-6-17-14(11)16/h3-9H,2H2,1H3. The molecule has 3 heterocycles. The Bertz CT molecular complexity index is 814. The summed E-state index contributed by atoms with van der Waals surface area (Å²) in [5.41, 5.74) is 2.77. The summed E-state index contributed by atoms with van der Waals surface area (Å²) in [7, 11) is 0. The maximum atomic E-state index is 11.9. The quantitative estimate of drug-likeness (QED) is 0.550. The van der Waals surface area contributed by atoms with Crippen molar-refractivity contribution in [1.82, 2.24) is 14.6 Å². The maximum Gasteiger partial charge on any atom is 0.341 e. The third-order valence-corrected chi connectivity index (χ3v) is 3.39. The summed E-state index contributed by atoms with van der Waals surface area (Å²) >= 11 is 6.11. The van der Waals surface area contributed by atoms with Gasteiger partial charge in [-0.25, -0.2) is 14.3 Å². The summed E-state index contributed by atoms with van der Waals surface area (Å²) in [4.78, 5) is 16.0. The Balaban J connectivity index is 2.13. The molecule has 0 aliphatic heterocycles. The van der Waals surface area contributed by atoms with Crippen LogP contribution >= 0.6 is 11.6 Å². The molecule has 0 amide bonds. The highest BCUT2D eigenvalue weighted by Crippen LogP contribution is 2.27. The van der Waals surface area contributed by atoms with Gasteiger partial charge in [-0.05, 0) is 36.8 Å². The van der Waals surface area contributed by atoms with Crippen molar-refractivity contribution in [3.63, 3.8) is 0 Å². The van der Waals surface area contributed by atoms with Gasteiger partial charge in [0.2, 0.25) is 0 Å². The minimum Gasteiger partial charge on any atom is -0.462 e. The zero-order valence-corrected chi connectivity index (χ0v) is 12.0. The van der Waals surface area contributed by atoms with E-state index in [-0.39, 0.29) is 5.97 Å². The van der Waals surface area contributed by atoms with Crippen LogP contribution in [0, 0.1) is 0 Å². The van der Waals surface area contributed by atoms with Crippen molar-refractivity contribution in [1.29, 1.82) is 0 Å². The summed E-state index contributed by atoms with van der Waals surface area (Å²) < 4.78 is 6.66.